The lowest BCUT2D eigenvalue weighted by molar-refractivity contribution is -0.131. The van der Waals surface area contributed by atoms with E-state index in [4.69, 9.17) is 9.84 Å². The molecule has 13 nitrogen and oxygen atoms in total. The molecule has 58 heavy (non-hydrogen) atoms. The van der Waals surface area contributed by atoms with Crippen LogP contribution in [0, 0.1) is 11.7 Å². The van der Waals surface area contributed by atoms with Crippen LogP contribution in [-0.2, 0) is 20.9 Å². The van der Waals surface area contributed by atoms with E-state index in [1.54, 1.807) is 24.1 Å². The molecule has 7 atom stereocenters. The van der Waals surface area contributed by atoms with Crippen LogP contribution in [0.3, 0.4) is 0 Å². The van der Waals surface area contributed by atoms with Crippen LogP contribution in [0.4, 0.5) is 10.1 Å². The number of methoxy groups -OCH3 is 1. The predicted octanol–water partition coefficient (Wildman–Crippen LogP) is 4.12. The lowest BCUT2D eigenvalue weighted by atomic mass is 9.78. The number of rotatable bonds is 26. The topological polar surface area (TPSA) is 209 Å². The molecule has 4 rings (SSSR count). The second kappa shape index (κ2) is 23.8. The maximum Gasteiger partial charge on any atom is 0.233 e. The van der Waals surface area contributed by atoms with Gasteiger partial charge in [0.15, 0.2) is 0 Å². The van der Waals surface area contributed by atoms with E-state index >= 15 is 0 Å². The summed E-state index contributed by atoms with van der Waals surface area (Å²) < 4.78 is 18.7. The molecule has 0 saturated carbocycles. The number of carbonyl (C=O) groups excluding carboxylic acids is 3. The number of ether oxygens (including phenoxy) is 1. The molecule has 14 heteroatoms. The quantitative estimate of drug-likeness (QED) is 0.0430. The fourth-order valence-electron chi connectivity index (χ4n) is 7.18. The summed E-state index contributed by atoms with van der Waals surface area (Å²) in [7, 11) is 1.60. The molecule has 3 aromatic carbocycles. The molecular formula is C44H60FN3O10. The molecule has 1 fully saturated rings. The molecule has 0 bridgehead atoms. The zero-order chi connectivity index (χ0) is 42.0. The fourth-order valence-corrected chi connectivity index (χ4v) is 7.18. The van der Waals surface area contributed by atoms with Crippen molar-refractivity contribution in [3.05, 3.63) is 95.3 Å². The molecule has 0 aliphatic carbocycles. The van der Waals surface area contributed by atoms with Crippen molar-refractivity contribution in [2.24, 2.45) is 5.92 Å². The van der Waals surface area contributed by atoms with E-state index in [0.717, 1.165) is 61.8 Å². The molecule has 3 amide bonds. The Morgan fingerprint density at radius 3 is 1.86 bits per heavy atom. The smallest absolute Gasteiger partial charge is 0.233 e. The largest absolute Gasteiger partial charge is 0.497 e. The molecule has 1 aliphatic heterocycles. The number of nitrogens with zero attached hydrogens (tertiary/aromatic N) is 1. The number of unbranched alkanes of at least 4 members (excludes halogenated alkanes) is 7. The van der Waals surface area contributed by atoms with Crippen LogP contribution in [0.1, 0.15) is 106 Å². The molecule has 0 aromatic heterocycles. The van der Waals surface area contributed by atoms with Gasteiger partial charge in [0, 0.05) is 31.6 Å². The Morgan fingerprint density at radius 1 is 0.741 bits per heavy atom. The number of aliphatic hydroxyl groups excluding tert-OH is 6. The maximum atomic E-state index is 13.6. The third-order valence-electron chi connectivity index (χ3n) is 10.8. The standard InChI is InChI=1S/C44H60FN3O10/c1-58-34-22-16-31(17-23-34)41-35(24-25-36(50)30-14-18-32(45)19-15-30)44(57)48(41)33-20-12-29(13-21-33)26-46-39(53)10-8-6-4-2-3-5-7-9-11-40(54)47-27-37(51)42(55)43(56)38(52)28-49/h12-23,35-38,41-43,49-52,55-56H,2-11,24-28H2,1H3,(H,46,53)(H,47,54)/t35-,36+,37+,38-,41?,42-,43-/m1/s1. The first-order valence-electron chi connectivity index (χ1n) is 20.3. The molecule has 8 N–H and O–H groups in total. The van der Waals surface area contributed by atoms with Gasteiger partial charge in [-0.1, -0.05) is 74.9 Å². The van der Waals surface area contributed by atoms with Crippen molar-refractivity contribution in [3.8, 4) is 5.75 Å². The molecule has 318 valence electrons. The fraction of sp³-hybridized carbons (Fsp3) is 0.523. The summed E-state index contributed by atoms with van der Waals surface area (Å²) in [5, 5.41) is 63.8. The first-order chi connectivity index (χ1) is 27.9. The number of β-lactam (4-membered cyclic amide) rings is 1. The van der Waals surface area contributed by atoms with Crippen molar-refractivity contribution in [3.63, 3.8) is 0 Å². The summed E-state index contributed by atoms with van der Waals surface area (Å²) >= 11 is 0. The Labute approximate surface area is 339 Å². The maximum absolute atomic E-state index is 13.6. The number of hydrogen-bond donors (Lipinski definition) is 8. The number of amides is 3. The Hall–Kier alpha value is -4.44. The van der Waals surface area contributed by atoms with Crippen molar-refractivity contribution < 1.29 is 54.2 Å². The number of carbonyl (C=O) groups is 3. The van der Waals surface area contributed by atoms with Crippen LogP contribution in [0.15, 0.2) is 72.8 Å². The number of hydrogen-bond acceptors (Lipinski definition) is 10. The number of anilines is 1. The van der Waals surface area contributed by atoms with Crippen LogP contribution in [0.5, 0.6) is 5.75 Å². The molecule has 0 radical (unpaired) electrons. The first kappa shape index (κ1) is 46.3. The molecule has 3 aromatic rings. The zero-order valence-electron chi connectivity index (χ0n) is 33.2. The highest BCUT2D eigenvalue weighted by molar-refractivity contribution is 6.03. The summed E-state index contributed by atoms with van der Waals surface area (Å²) in [5.74, 6) is -0.357. The number of benzene rings is 3. The Kier molecular flexibility index (Phi) is 19.0. The van der Waals surface area contributed by atoms with Gasteiger partial charge in [0.2, 0.25) is 17.7 Å². The van der Waals surface area contributed by atoms with Gasteiger partial charge in [0.05, 0.1) is 37.9 Å². The Balaban J connectivity index is 1.10. The molecule has 1 aliphatic rings. The zero-order valence-corrected chi connectivity index (χ0v) is 33.2. The van der Waals surface area contributed by atoms with Gasteiger partial charge in [-0.2, -0.15) is 0 Å². The Morgan fingerprint density at radius 2 is 1.29 bits per heavy atom. The van der Waals surface area contributed by atoms with Crippen molar-refractivity contribution in [1.29, 1.82) is 0 Å². The van der Waals surface area contributed by atoms with Gasteiger partial charge in [0.1, 0.15) is 29.9 Å². The summed E-state index contributed by atoms with van der Waals surface area (Å²) in [6.07, 6.45) is 1.46. The van der Waals surface area contributed by atoms with Gasteiger partial charge in [-0.05, 0) is 78.8 Å². The monoisotopic (exact) mass is 809 g/mol. The predicted molar refractivity (Wildman–Crippen MR) is 216 cm³/mol. The van der Waals surface area contributed by atoms with Crippen LogP contribution in [0.25, 0.3) is 0 Å². The highest BCUT2D eigenvalue weighted by Gasteiger charge is 2.48. The van der Waals surface area contributed by atoms with E-state index in [1.165, 1.54) is 12.1 Å². The van der Waals surface area contributed by atoms with Gasteiger partial charge >= 0.3 is 0 Å². The van der Waals surface area contributed by atoms with Crippen LogP contribution < -0.4 is 20.3 Å². The molecular weight excluding hydrogens is 749 g/mol. The molecule has 1 unspecified atom stereocenters. The lowest BCUT2D eigenvalue weighted by Crippen LogP contribution is -2.55. The summed E-state index contributed by atoms with van der Waals surface area (Å²) in [6, 6.07) is 20.7. The van der Waals surface area contributed by atoms with E-state index in [2.05, 4.69) is 10.6 Å². The van der Waals surface area contributed by atoms with Crippen LogP contribution in [0.2, 0.25) is 0 Å². The number of nitrogens with one attached hydrogen (secondary N) is 2. The third kappa shape index (κ3) is 13.8. The van der Waals surface area contributed by atoms with Crippen molar-refractivity contribution in [1.82, 2.24) is 10.6 Å². The van der Waals surface area contributed by atoms with Gasteiger partial charge in [0.25, 0.3) is 0 Å². The first-order valence-corrected chi connectivity index (χ1v) is 20.3. The highest BCUT2D eigenvalue weighted by Crippen LogP contribution is 2.46. The minimum atomic E-state index is -1.73. The summed E-state index contributed by atoms with van der Waals surface area (Å²) in [5.41, 5.74) is 3.21. The minimum absolute atomic E-state index is 0.0218. The number of aliphatic hydroxyl groups is 6. The molecule has 0 spiro atoms. The van der Waals surface area contributed by atoms with Gasteiger partial charge in [-0.3, -0.25) is 14.4 Å². The second-order valence-corrected chi connectivity index (χ2v) is 15.1. The second-order valence-electron chi connectivity index (χ2n) is 15.1. The van der Waals surface area contributed by atoms with Crippen molar-refractivity contribution in [2.75, 3.05) is 25.2 Å². The van der Waals surface area contributed by atoms with Gasteiger partial charge < -0.3 is 50.9 Å². The van der Waals surface area contributed by atoms with Crippen LogP contribution >= 0.6 is 0 Å². The Bertz CT molecular complexity index is 1700. The number of halogens is 1. The van der Waals surface area contributed by atoms with Crippen LogP contribution in [-0.4, -0.2) is 93.0 Å². The van der Waals surface area contributed by atoms with Crippen molar-refractivity contribution in [2.45, 2.75) is 120 Å². The summed E-state index contributed by atoms with van der Waals surface area (Å²) in [6.45, 7) is -0.681. The molecule has 1 saturated heterocycles. The van der Waals surface area contributed by atoms with E-state index in [-0.39, 0.29) is 48.5 Å². The molecule has 1 heterocycles. The van der Waals surface area contributed by atoms with E-state index in [1.807, 2.05) is 48.5 Å². The minimum Gasteiger partial charge on any atom is -0.497 e. The van der Waals surface area contributed by atoms with Gasteiger partial charge in [-0.15, -0.1) is 0 Å². The van der Waals surface area contributed by atoms with Crippen molar-refractivity contribution >= 4 is 23.4 Å². The van der Waals surface area contributed by atoms with E-state index < -0.39 is 37.1 Å². The van der Waals surface area contributed by atoms with E-state index in [9.17, 15) is 44.3 Å². The van der Waals surface area contributed by atoms with E-state index in [0.29, 0.717) is 43.5 Å². The average molecular weight is 810 g/mol. The van der Waals surface area contributed by atoms with Gasteiger partial charge in [-0.25, -0.2) is 4.39 Å². The lowest BCUT2D eigenvalue weighted by Gasteiger charge is -2.48. The highest BCUT2D eigenvalue weighted by atomic mass is 19.1. The third-order valence-corrected chi connectivity index (χ3v) is 10.8. The summed E-state index contributed by atoms with van der Waals surface area (Å²) in [4.78, 5) is 39.9. The SMILES string of the molecule is COc1ccc(C2[C@@H](CC[C@H](O)c3ccc(F)cc3)C(=O)N2c2ccc(CNC(=O)CCCCCCCCCCC(=O)NC[C@H](O)[C@@H](O)[C@H](O)[C@H](O)CO)cc2)cc1. The normalized spacial score (nSPS) is 17.8. The average Bonchev–Trinajstić information content (AvgIpc) is 3.24.